The van der Waals surface area contributed by atoms with E-state index in [1.165, 1.54) is 0 Å². The largest absolute Gasteiger partial charge is 0.487 e. The summed E-state index contributed by atoms with van der Waals surface area (Å²) in [4.78, 5) is 10.4. The van der Waals surface area contributed by atoms with Crippen LogP contribution in [0.25, 0.3) is 0 Å². The maximum absolute atomic E-state index is 10.4. The Balaban J connectivity index is 2.37. The molecule has 1 aliphatic heterocycles. The molecule has 0 unspecified atom stereocenters. The molecule has 3 heteroatoms. The first-order chi connectivity index (χ1) is 7.52. The lowest BCUT2D eigenvalue weighted by atomic mass is 9.99. The number of hydrogen-bond donors (Lipinski definition) is 0. The second-order valence-electron chi connectivity index (χ2n) is 4.80. The van der Waals surface area contributed by atoms with Crippen LogP contribution in [0.15, 0.2) is 12.1 Å². The Bertz CT molecular complexity index is 424. The molecule has 0 radical (unpaired) electrons. The highest BCUT2D eigenvalue weighted by atomic mass is 35.5. The molecular weight excluding hydrogens is 224 g/mol. The van der Waals surface area contributed by atoms with Crippen molar-refractivity contribution in [2.75, 3.05) is 0 Å². The molecule has 2 nitrogen and oxygen atoms in total. The van der Waals surface area contributed by atoms with Gasteiger partial charge in [0.1, 0.15) is 17.6 Å². The van der Waals surface area contributed by atoms with Gasteiger partial charge in [0.05, 0.1) is 0 Å². The minimum atomic E-state index is -0.164. The van der Waals surface area contributed by atoms with Crippen LogP contribution in [0.2, 0.25) is 5.02 Å². The Morgan fingerprint density at radius 3 is 2.94 bits per heavy atom. The molecular formula is C13H15ClO2. The van der Waals surface area contributed by atoms with Crippen molar-refractivity contribution in [3.8, 4) is 5.75 Å². The van der Waals surface area contributed by atoms with E-state index in [1.807, 2.05) is 12.1 Å². The average Bonchev–Trinajstić information content (AvgIpc) is 2.48. The van der Waals surface area contributed by atoms with Crippen molar-refractivity contribution in [3.63, 3.8) is 0 Å². The molecule has 0 aromatic heterocycles. The van der Waals surface area contributed by atoms with Crippen molar-refractivity contribution in [1.82, 2.24) is 0 Å². The molecule has 0 amide bonds. The number of halogens is 1. The van der Waals surface area contributed by atoms with E-state index in [2.05, 4.69) is 13.8 Å². The van der Waals surface area contributed by atoms with E-state index < -0.39 is 0 Å². The lowest BCUT2D eigenvalue weighted by molar-refractivity contribution is -0.107. The maximum atomic E-state index is 10.4. The summed E-state index contributed by atoms with van der Waals surface area (Å²) in [5.41, 5.74) is 2.03. The van der Waals surface area contributed by atoms with Crippen LogP contribution in [-0.4, -0.2) is 11.9 Å². The van der Waals surface area contributed by atoms with E-state index in [4.69, 9.17) is 16.3 Å². The second-order valence-corrected chi connectivity index (χ2v) is 5.23. The lowest BCUT2D eigenvalue weighted by Crippen LogP contribution is -2.24. The zero-order valence-electron chi connectivity index (χ0n) is 9.55. The summed E-state index contributed by atoms with van der Waals surface area (Å²) >= 11 is 6.06. The Morgan fingerprint density at radius 1 is 1.50 bits per heavy atom. The number of hydrogen-bond acceptors (Lipinski definition) is 2. The van der Waals surface area contributed by atoms with E-state index in [1.54, 1.807) is 0 Å². The SMILES string of the molecule is CC1(C)Cc2cc(Cl)cc(CCC=O)c2O1. The third kappa shape index (κ3) is 2.22. The molecule has 0 spiro atoms. The van der Waals surface area contributed by atoms with Gasteiger partial charge in [0, 0.05) is 17.9 Å². The highest BCUT2D eigenvalue weighted by Crippen LogP contribution is 2.39. The standard InChI is InChI=1S/C13H15ClO2/c1-13(2)8-10-7-11(14)6-9(4-3-5-15)12(10)16-13/h5-7H,3-4,8H2,1-2H3. The Morgan fingerprint density at radius 2 is 2.25 bits per heavy atom. The summed E-state index contributed by atoms with van der Waals surface area (Å²) < 4.78 is 5.90. The zero-order valence-corrected chi connectivity index (χ0v) is 10.3. The number of fused-ring (bicyclic) bond motifs is 1. The van der Waals surface area contributed by atoms with Gasteiger partial charge in [-0.1, -0.05) is 11.6 Å². The molecule has 0 saturated carbocycles. The van der Waals surface area contributed by atoms with Crippen LogP contribution in [0.5, 0.6) is 5.75 Å². The van der Waals surface area contributed by atoms with Crippen molar-refractivity contribution < 1.29 is 9.53 Å². The van der Waals surface area contributed by atoms with E-state index in [-0.39, 0.29) is 5.60 Å². The molecule has 1 aliphatic rings. The number of carbonyl (C=O) groups excluding carboxylic acids is 1. The normalized spacial score (nSPS) is 16.7. The zero-order chi connectivity index (χ0) is 11.8. The van der Waals surface area contributed by atoms with Gasteiger partial charge in [-0.15, -0.1) is 0 Å². The highest BCUT2D eigenvalue weighted by molar-refractivity contribution is 6.30. The van der Waals surface area contributed by atoms with Crippen molar-refractivity contribution in [2.45, 2.75) is 38.7 Å². The fourth-order valence-corrected chi connectivity index (χ4v) is 2.41. The minimum absolute atomic E-state index is 0.164. The van der Waals surface area contributed by atoms with Crippen LogP contribution in [0.4, 0.5) is 0 Å². The summed E-state index contributed by atoms with van der Waals surface area (Å²) in [6.07, 6.45) is 3.00. The van der Waals surface area contributed by atoms with Gasteiger partial charge in [0.15, 0.2) is 0 Å². The quantitative estimate of drug-likeness (QED) is 0.756. The molecule has 0 aliphatic carbocycles. The molecule has 0 bridgehead atoms. The monoisotopic (exact) mass is 238 g/mol. The van der Waals surface area contributed by atoms with Crippen LogP contribution in [0.1, 0.15) is 31.4 Å². The van der Waals surface area contributed by atoms with Gasteiger partial charge in [-0.25, -0.2) is 0 Å². The molecule has 0 atom stereocenters. The molecule has 86 valence electrons. The average molecular weight is 239 g/mol. The molecule has 1 heterocycles. The first-order valence-corrected chi connectivity index (χ1v) is 5.83. The molecule has 1 aromatic carbocycles. The van der Waals surface area contributed by atoms with Crippen LogP contribution in [0, 0.1) is 0 Å². The number of aryl methyl sites for hydroxylation is 1. The second kappa shape index (κ2) is 4.10. The molecule has 2 rings (SSSR count). The summed E-state index contributed by atoms with van der Waals surface area (Å²) in [6, 6.07) is 3.85. The highest BCUT2D eigenvalue weighted by Gasteiger charge is 2.31. The van der Waals surface area contributed by atoms with Gasteiger partial charge in [0.25, 0.3) is 0 Å². The molecule has 16 heavy (non-hydrogen) atoms. The first-order valence-electron chi connectivity index (χ1n) is 5.46. The van der Waals surface area contributed by atoms with Crippen LogP contribution >= 0.6 is 11.6 Å². The van der Waals surface area contributed by atoms with Crippen LogP contribution in [0.3, 0.4) is 0 Å². The Kier molecular flexibility index (Phi) is 2.94. The number of rotatable bonds is 3. The third-order valence-corrected chi connectivity index (χ3v) is 2.95. The minimum Gasteiger partial charge on any atom is -0.487 e. The predicted molar refractivity (Wildman–Crippen MR) is 64.2 cm³/mol. The molecule has 0 fully saturated rings. The van der Waals surface area contributed by atoms with E-state index in [0.29, 0.717) is 12.8 Å². The lowest BCUT2D eigenvalue weighted by Gasteiger charge is -2.18. The molecule has 0 saturated heterocycles. The number of ether oxygens (including phenoxy) is 1. The third-order valence-electron chi connectivity index (χ3n) is 2.73. The maximum Gasteiger partial charge on any atom is 0.126 e. The summed E-state index contributed by atoms with van der Waals surface area (Å²) in [6.45, 7) is 4.12. The number of aldehydes is 1. The van der Waals surface area contributed by atoms with Gasteiger partial charge in [-0.2, -0.15) is 0 Å². The molecule has 1 aromatic rings. The summed E-state index contributed by atoms with van der Waals surface area (Å²) in [7, 11) is 0. The topological polar surface area (TPSA) is 26.3 Å². The van der Waals surface area contributed by atoms with Crippen LogP contribution in [-0.2, 0) is 17.6 Å². The van der Waals surface area contributed by atoms with E-state index >= 15 is 0 Å². The summed E-state index contributed by atoms with van der Waals surface area (Å²) in [5.74, 6) is 0.927. The van der Waals surface area contributed by atoms with Crippen molar-refractivity contribution in [3.05, 3.63) is 28.3 Å². The molecule has 0 N–H and O–H groups in total. The Hall–Kier alpha value is -1.02. The smallest absolute Gasteiger partial charge is 0.126 e. The van der Waals surface area contributed by atoms with Gasteiger partial charge in [-0.05, 0) is 43.5 Å². The van der Waals surface area contributed by atoms with E-state index in [9.17, 15) is 4.79 Å². The van der Waals surface area contributed by atoms with Gasteiger partial charge in [-0.3, -0.25) is 0 Å². The van der Waals surface area contributed by atoms with Gasteiger partial charge < -0.3 is 9.53 Å². The van der Waals surface area contributed by atoms with Crippen molar-refractivity contribution in [1.29, 1.82) is 0 Å². The fourth-order valence-electron chi connectivity index (χ4n) is 2.15. The summed E-state index contributed by atoms with van der Waals surface area (Å²) in [5, 5.41) is 0.723. The van der Waals surface area contributed by atoms with Gasteiger partial charge >= 0.3 is 0 Å². The predicted octanol–water partition coefficient (Wildman–Crippen LogP) is 3.19. The van der Waals surface area contributed by atoms with E-state index in [0.717, 1.165) is 34.6 Å². The Labute approximate surface area is 101 Å². The van der Waals surface area contributed by atoms with Crippen molar-refractivity contribution >= 4 is 17.9 Å². The van der Waals surface area contributed by atoms with Crippen LogP contribution < -0.4 is 4.74 Å². The number of carbonyl (C=O) groups is 1. The fraction of sp³-hybridized carbons (Fsp3) is 0.462. The van der Waals surface area contributed by atoms with Crippen molar-refractivity contribution in [2.24, 2.45) is 0 Å². The number of benzene rings is 1. The van der Waals surface area contributed by atoms with Gasteiger partial charge in [0.2, 0.25) is 0 Å². The first kappa shape index (κ1) is 11.5.